The van der Waals surface area contributed by atoms with Gasteiger partial charge in [-0.2, -0.15) is 4.31 Å². The van der Waals surface area contributed by atoms with Crippen LogP contribution in [0.3, 0.4) is 0 Å². The maximum Gasteiger partial charge on any atom is 0.249 e. The van der Waals surface area contributed by atoms with E-state index < -0.39 is 22.0 Å². The Balaban J connectivity index is 1.85. The first-order valence-electron chi connectivity index (χ1n) is 8.45. The molecule has 0 aliphatic carbocycles. The molecule has 1 N–H and O–H groups in total. The number of rotatable bonds is 6. The predicted molar refractivity (Wildman–Crippen MR) is 111 cm³/mol. The summed E-state index contributed by atoms with van der Waals surface area (Å²) in [6.07, 6.45) is 1.07. The molecule has 146 valence electrons. The standard InChI is InChI=1S/C19H20N4O3S2/c1-13-9-11-15(12-10-13)18-21-22-19(27-18)20-17(24)16(23(2)28(3,25)26)14-7-5-4-6-8-14/h4-12,16H,1-3H3,(H,20,22,24)/t16-/m1/s1. The summed E-state index contributed by atoms with van der Waals surface area (Å²) in [6.45, 7) is 2.00. The molecule has 3 aromatic rings. The predicted octanol–water partition coefficient (Wildman–Crippen LogP) is 3.08. The third kappa shape index (κ3) is 4.61. The second-order valence-electron chi connectivity index (χ2n) is 6.36. The molecule has 1 aromatic heterocycles. The van der Waals surface area contributed by atoms with Crippen molar-refractivity contribution in [2.45, 2.75) is 13.0 Å². The number of aromatic nitrogens is 2. The fraction of sp³-hybridized carbons (Fsp3) is 0.211. The van der Waals surface area contributed by atoms with Gasteiger partial charge < -0.3 is 0 Å². The minimum atomic E-state index is -3.59. The summed E-state index contributed by atoms with van der Waals surface area (Å²) in [5.41, 5.74) is 2.60. The fourth-order valence-electron chi connectivity index (χ4n) is 2.61. The van der Waals surface area contributed by atoms with Crippen LogP contribution in [-0.4, -0.2) is 42.1 Å². The molecule has 0 unspecified atom stereocenters. The van der Waals surface area contributed by atoms with Crippen molar-refractivity contribution in [2.24, 2.45) is 0 Å². The van der Waals surface area contributed by atoms with E-state index in [1.807, 2.05) is 31.2 Å². The number of sulfonamides is 1. The topological polar surface area (TPSA) is 92.3 Å². The van der Waals surface area contributed by atoms with Crippen LogP contribution in [-0.2, 0) is 14.8 Å². The quantitative estimate of drug-likeness (QED) is 0.667. The van der Waals surface area contributed by atoms with Gasteiger partial charge in [0.15, 0.2) is 0 Å². The molecule has 3 rings (SSSR count). The van der Waals surface area contributed by atoms with Crippen molar-refractivity contribution in [1.82, 2.24) is 14.5 Å². The van der Waals surface area contributed by atoms with Gasteiger partial charge in [0.2, 0.25) is 21.1 Å². The molecule has 1 heterocycles. The zero-order valence-corrected chi connectivity index (χ0v) is 17.3. The van der Waals surface area contributed by atoms with Gasteiger partial charge >= 0.3 is 0 Å². The Hall–Kier alpha value is -2.62. The molecule has 1 atom stereocenters. The summed E-state index contributed by atoms with van der Waals surface area (Å²) in [6, 6.07) is 15.5. The molecule has 0 saturated heterocycles. The van der Waals surface area contributed by atoms with Gasteiger partial charge in [-0.15, -0.1) is 10.2 Å². The summed E-state index contributed by atoms with van der Waals surface area (Å²) >= 11 is 1.23. The van der Waals surface area contributed by atoms with Gasteiger partial charge in [0.05, 0.1) is 6.26 Å². The number of anilines is 1. The number of carbonyl (C=O) groups excluding carboxylic acids is 1. The van der Waals surface area contributed by atoms with Crippen LogP contribution in [0.15, 0.2) is 54.6 Å². The Morgan fingerprint density at radius 2 is 1.71 bits per heavy atom. The number of carbonyl (C=O) groups is 1. The monoisotopic (exact) mass is 416 g/mol. The van der Waals surface area contributed by atoms with Crippen molar-refractivity contribution >= 4 is 32.4 Å². The third-order valence-corrected chi connectivity index (χ3v) is 6.35. The molecule has 0 fully saturated rings. The third-order valence-electron chi connectivity index (χ3n) is 4.20. The Bertz CT molecular complexity index is 1060. The van der Waals surface area contributed by atoms with Crippen LogP contribution in [0.25, 0.3) is 10.6 Å². The van der Waals surface area contributed by atoms with Crippen molar-refractivity contribution < 1.29 is 13.2 Å². The SMILES string of the molecule is Cc1ccc(-c2nnc(NC(=O)[C@@H](c3ccccc3)N(C)S(C)(=O)=O)s2)cc1. The second-order valence-corrected chi connectivity index (χ2v) is 9.38. The first kappa shape index (κ1) is 20.1. The zero-order chi connectivity index (χ0) is 20.3. The number of amides is 1. The lowest BCUT2D eigenvalue weighted by atomic mass is 10.1. The van der Waals surface area contributed by atoms with Crippen LogP contribution in [0.5, 0.6) is 0 Å². The minimum absolute atomic E-state index is 0.309. The normalized spacial score (nSPS) is 12.7. The first-order chi connectivity index (χ1) is 13.3. The number of benzene rings is 2. The van der Waals surface area contributed by atoms with Gasteiger partial charge in [-0.1, -0.05) is 71.5 Å². The molecule has 7 nitrogen and oxygen atoms in total. The van der Waals surface area contributed by atoms with E-state index in [9.17, 15) is 13.2 Å². The summed E-state index contributed by atoms with van der Waals surface area (Å²) in [7, 11) is -2.21. The van der Waals surface area contributed by atoms with Crippen molar-refractivity contribution in [3.8, 4) is 10.6 Å². The van der Waals surface area contributed by atoms with Gasteiger partial charge in [0, 0.05) is 12.6 Å². The van der Waals surface area contributed by atoms with Gasteiger partial charge in [-0.05, 0) is 12.5 Å². The van der Waals surface area contributed by atoms with E-state index in [0.29, 0.717) is 15.7 Å². The number of hydrogen-bond donors (Lipinski definition) is 1. The van der Waals surface area contributed by atoms with E-state index >= 15 is 0 Å². The van der Waals surface area contributed by atoms with Crippen LogP contribution >= 0.6 is 11.3 Å². The second kappa shape index (κ2) is 8.17. The lowest BCUT2D eigenvalue weighted by Gasteiger charge is -2.25. The van der Waals surface area contributed by atoms with Gasteiger partial charge in [-0.3, -0.25) is 10.1 Å². The number of nitrogens with one attached hydrogen (secondary N) is 1. The molecule has 28 heavy (non-hydrogen) atoms. The van der Waals surface area contributed by atoms with Crippen molar-refractivity contribution in [3.05, 3.63) is 65.7 Å². The average molecular weight is 417 g/mol. The van der Waals surface area contributed by atoms with E-state index in [1.165, 1.54) is 18.4 Å². The number of aryl methyl sites for hydroxylation is 1. The van der Waals surface area contributed by atoms with Crippen LogP contribution in [0, 0.1) is 6.92 Å². The lowest BCUT2D eigenvalue weighted by Crippen LogP contribution is -2.38. The van der Waals surface area contributed by atoms with Crippen LogP contribution in [0.1, 0.15) is 17.2 Å². The Kier molecular flexibility index (Phi) is 5.87. The summed E-state index contributed by atoms with van der Waals surface area (Å²) in [5.74, 6) is -0.495. The molecule has 9 heteroatoms. The van der Waals surface area contributed by atoms with Crippen molar-refractivity contribution in [2.75, 3.05) is 18.6 Å². The Morgan fingerprint density at radius 1 is 1.07 bits per heavy atom. The van der Waals surface area contributed by atoms with Crippen LogP contribution in [0.4, 0.5) is 5.13 Å². The molecule has 0 aliphatic rings. The molecular formula is C19H20N4O3S2. The highest BCUT2D eigenvalue weighted by Gasteiger charge is 2.31. The number of nitrogens with zero attached hydrogens (tertiary/aromatic N) is 3. The van der Waals surface area contributed by atoms with Crippen molar-refractivity contribution in [3.63, 3.8) is 0 Å². The zero-order valence-electron chi connectivity index (χ0n) is 15.7. The molecule has 0 aliphatic heterocycles. The van der Waals surface area contributed by atoms with E-state index in [4.69, 9.17) is 0 Å². The molecule has 0 radical (unpaired) electrons. The van der Waals surface area contributed by atoms with Crippen LogP contribution < -0.4 is 5.32 Å². The smallest absolute Gasteiger partial charge is 0.249 e. The minimum Gasteiger partial charge on any atom is -0.299 e. The highest BCUT2D eigenvalue weighted by atomic mass is 32.2. The summed E-state index contributed by atoms with van der Waals surface area (Å²) < 4.78 is 25.1. The highest BCUT2D eigenvalue weighted by Crippen LogP contribution is 2.28. The molecule has 0 bridgehead atoms. The average Bonchev–Trinajstić information content (AvgIpc) is 3.11. The van der Waals surface area contributed by atoms with Gasteiger partial charge in [0.1, 0.15) is 11.0 Å². The molecule has 0 spiro atoms. The maximum atomic E-state index is 12.9. The fourth-order valence-corrected chi connectivity index (χ4v) is 3.97. The summed E-state index contributed by atoms with van der Waals surface area (Å²) in [4.78, 5) is 12.9. The summed E-state index contributed by atoms with van der Waals surface area (Å²) in [5, 5.41) is 11.8. The maximum absolute atomic E-state index is 12.9. The first-order valence-corrected chi connectivity index (χ1v) is 11.1. The largest absolute Gasteiger partial charge is 0.299 e. The van der Waals surface area contributed by atoms with Gasteiger partial charge in [0.25, 0.3) is 0 Å². The lowest BCUT2D eigenvalue weighted by molar-refractivity contribution is -0.119. The number of likely N-dealkylation sites (N-methyl/N-ethyl adjacent to an activating group) is 1. The van der Waals surface area contributed by atoms with E-state index in [0.717, 1.165) is 21.7 Å². The highest BCUT2D eigenvalue weighted by molar-refractivity contribution is 7.88. The van der Waals surface area contributed by atoms with E-state index in [1.54, 1.807) is 30.3 Å². The van der Waals surface area contributed by atoms with Gasteiger partial charge in [-0.25, -0.2) is 8.42 Å². The Labute approximate surface area is 168 Å². The molecule has 2 aromatic carbocycles. The molecule has 0 saturated carbocycles. The van der Waals surface area contributed by atoms with Crippen molar-refractivity contribution in [1.29, 1.82) is 0 Å². The number of hydrogen-bond acceptors (Lipinski definition) is 6. The molecular weight excluding hydrogens is 396 g/mol. The van der Waals surface area contributed by atoms with E-state index in [2.05, 4.69) is 15.5 Å². The Morgan fingerprint density at radius 3 is 2.32 bits per heavy atom. The van der Waals surface area contributed by atoms with E-state index in [-0.39, 0.29) is 0 Å². The molecule has 1 amide bonds. The van der Waals surface area contributed by atoms with Crippen LogP contribution in [0.2, 0.25) is 0 Å².